The summed E-state index contributed by atoms with van der Waals surface area (Å²) in [5, 5.41) is 4.91. The quantitative estimate of drug-likeness (QED) is 0.290. The fraction of sp³-hybridized carbons (Fsp3) is 0.240. The van der Waals surface area contributed by atoms with Crippen molar-refractivity contribution in [3.63, 3.8) is 0 Å². The van der Waals surface area contributed by atoms with Gasteiger partial charge in [0.2, 0.25) is 0 Å². The Labute approximate surface area is 206 Å². The molecule has 0 unspecified atom stereocenters. The number of pyridine rings is 1. The molecule has 7 nitrogen and oxygen atoms in total. The summed E-state index contributed by atoms with van der Waals surface area (Å²) in [6.45, 7) is 5.73. The van der Waals surface area contributed by atoms with Crippen LogP contribution in [-0.2, 0) is 0 Å². The Balaban J connectivity index is 1.35. The molecule has 0 spiro atoms. The lowest BCUT2D eigenvalue weighted by atomic mass is 9.97. The highest BCUT2D eigenvalue weighted by Crippen LogP contribution is 2.26. The van der Waals surface area contributed by atoms with Crippen LogP contribution in [0.25, 0.3) is 16.3 Å². The van der Waals surface area contributed by atoms with Gasteiger partial charge in [0.1, 0.15) is 23.7 Å². The highest BCUT2D eigenvalue weighted by molar-refractivity contribution is 14.1. The summed E-state index contributed by atoms with van der Waals surface area (Å²) >= 11 is 2.33. The van der Waals surface area contributed by atoms with E-state index in [4.69, 9.17) is 0 Å². The molecule has 166 valence electrons. The van der Waals surface area contributed by atoms with Gasteiger partial charge in [-0.1, -0.05) is 18.2 Å². The molecule has 1 aromatic carbocycles. The first-order valence-corrected chi connectivity index (χ1v) is 11.8. The van der Waals surface area contributed by atoms with Crippen LogP contribution in [0.1, 0.15) is 29.4 Å². The number of hydrogen-bond acceptors (Lipinski definition) is 6. The molecule has 0 atom stereocenters. The van der Waals surface area contributed by atoms with Gasteiger partial charge in [0.25, 0.3) is 5.91 Å². The summed E-state index contributed by atoms with van der Waals surface area (Å²) in [6.07, 6.45) is 8.37. The maximum Gasteiger partial charge on any atom is 0.275 e. The van der Waals surface area contributed by atoms with E-state index >= 15 is 0 Å². The van der Waals surface area contributed by atoms with Crippen LogP contribution in [0.3, 0.4) is 0 Å². The average molecular weight is 550 g/mol. The van der Waals surface area contributed by atoms with Crippen molar-refractivity contribution < 1.29 is 4.79 Å². The van der Waals surface area contributed by atoms with Crippen LogP contribution in [0.5, 0.6) is 0 Å². The normalized spacial score (nSPS) is 16.5. The van der Waals surface area contributed by atoms with Gasteiger partial charge < -0.3 is 10.2 Å². The number of fused-ring (bicyclic) bond motifs is 1. The minimum absolute atomic E-state index is 0.298. The van der Waals surface area contributed by atoms with Crippen molar-refractivity contribution >= 4 is 56.8 Å². The number of aromatic nitrogens is 3. The third-order valence-electron chi connectivity index (χ3n) is 5.83. The maximum absolute atomic E-state index is 12.9. The second kappa shape index (κ2) is 9.43. The van der Waals surface area contributed by atoms with Crippen molar-refractivity contribution in [3.8, 4) is 0 Å². The third-order valence-corrected chi connectivity index (χ3v) is 6.80. The predicted molar refractivity (Wildman–Crippen MR) is 139 cm³/mol. The van der Waals surface area contributed by atoms with Crippen LogP contribution >= 0.6 is 22.9 Å². The summed E-state index contributed by atoms with van der Waals surface area (Å²) in [5.74, 6) is 0.967. The Morgan fingerprint density at radius 1 is 1.06 bits per heavy atom. The van der Waals surface area contributed by atoms with Crippen molar-refractivity contribution in [1.29, 1.82) is 0 Å². The Morgan fingerprint density at radius 3 is 2.70 bits per heavy atom. The van der Waals surface area contributed by atoms with E-state index in [2.05, 4.69) is 88.1 Å². The molecule has 5 rings (SSSR count). The molecule has 1 N–H and O–H groups in total. The Morgan fingerprint density at radius 2 is 1.91 bits per heavy atom. The van der Waals surface area contributed by atoms with E-state index in [0.29, 0.717) is 11.5 Å². The number of carbonyl (C=O) groups excluding carboxylic acids is 1. The summed E-state index contributed by atoms with van der Waals surface area (Å²) in [7, 11) is 0. The van der Waals surface area contributed by atoms with Gasteiger partial charge in [-0.2, -0.15) is 0 Å². The zero-order chi connectivity index (χ0) is 22.8. The Hall–Kier alpha value is -3.07. The molecular weight excluding hydrogens is 527 g/mol. The molecule has 1 aliphatic heterocycles. The van der Waals surface area contributed by atoms with Gasteiger partial charge in [-0.15, -0.1) is 5.73 Å². The van der Waals surface area contributed by atoms with Crippen LogP contribution in [-0.4, -0.2) is 50.2 Å². The fourth-order valence-corrected chi connectivity index (χ4v) is 4.34. The lowest BCUT2D eigenvalue weighted by Crippen LogP contribution is -2.42. The number of rotatable bonds is 4. The number of nitrogens with one attached hydrogen (secondary N) is 1. The van der Waals surface area contributed by atoms with Gasteiger partial charge in [0, 0.05) is 66.7 Å². The first-order valence-electron chi connectivity index (χ1n) is 10.9. The molecule has 3 heterocycles. The molecular formula is C25H23IN6O. The van der Waals surface area contributed by atoms with Gasteiger partial charge in [-0.05, 0) is 53.6 Å². The number of carbonyl (C=O) groups is 1. The molecule has 33 heavy (non-hydrogen) atoms. The third kappa shape index (κ3) is 4.98. The number of anilines is 2. The van der Waals surface area contributed by atoms with Crippen LogP contribution in [0.2, 0.25) is 0 Å². The first kappa shape index (κ1) is 21.8. The van der Waals surface area contributed by atoms with E-state index in [1.807, 2.05) is 12.1 Å². The maximum atomic E-state index is 12.9. The zero-order valence-electron chi connectivity index (χ0n) is 18.3. The highest BCUT2D eigenvalue weighted by atomic mass is 127. The fourth-order valence-electron chi connectivity index (χ4n) is 3.91. The minimum Gasteiger partial charge on any atom is -0.354 e. The van der Waals surface area contributed by atoms with E-state index in [9.17, 15) is 4.79 Å². The van der Waals surface area contributed by atoms with E-state index in [0.717, 1.165) is 60.3 Å². The molecule has 0 bridgehead atoms. The molecule has 0 saturated carbocycles. The molecule has 8 heteroatoms. The predicted octanol–water partition coefficient (Wildman–Crippen LogP) is 4.64. The molecule has 2 aromatic heterocycles. The van der Waals surface area contributed by atoms with Gasteiger partial charge in [0.05, 0.1) is 0 Å². The lowest BCUT2D eigenvalue weighted by molar-refractivity contribution is 0.102. The monoisotopic (exact) mass is 550 g/mol. The van der Waals surface area contributed by atoms with Crippen molar-refractivity contribution in [2.75, 3.05) is 36.4 Å². The Kier molecular flexibility index (Phi) is 6.22. The van der Waals surface area contributed by atoms with E-state index < -0.39 is 0 Å². The van der Waals surface area contributed by atoms with E-state index in [1.54, 1.807) is 12.3 Å². The molecule has 2 aliphatic rings. The second-order valence-corrected chi connectivity index (χ2v) is 9.54. The summed E-state index contributed by atoms with van der Waals surface area (Å²) in [4.78, 5) is 28.0. The highest BCUT2D eigenvalue weighted by Gasteiger charge is 2.18. The van der Waals surface area contributed by atoms with E-state index in [-0.39, 0.29) is 5.91 Å². The second-order valence-electron chi connectivity index (χ2n) is 8.18. The number of nitrogens with zero attached hydrogens (tertiary/aromatic N) is 5. The number of amides is 1. The first-order chi connectivity index (χ1) is 16.0. The molecule has 3 aromatic rings. The molecule has 1 saturated heterocycles. The van der Waals surface area contributed by atoms with Crippen molar-refractivity contribution in [2.45, 2.75) is 13.3 Å². The SMILES string of the molecule is CC1=C=CC(c2ccc3cnc(NC(=O)c4cc(N5CCN(I)CC5)ncn4)cc3c2)=CC1. The summed E-state index contributed by atoms with van der Waals surface area (Å²) < 4.78 is 2.25. The topological polar surface area (TPSA) is 74.2 Å². The minimum atomic E-state index is -0.298. The Bertz CT molecular complexity index is 1320. The average Bonchev–Trinajstić information content (AvgIpc) is 2.84. The van der Waals surface area contributed by atoms with Gasteiger partial charge in [-0.25, -0.2) is 18.1 Å². The standard InChI is InChI=1S/C25H23IN6O/c1-17-2-4-18(5-3-17)19-6-7-20-15-27-23(13-21(20)12-19)30-25(33)22-14-24(29-16-28-22)31-8-10-32(26)11-9-31/h4-7,12-16H,2,8-11H2,1H3,(H,27,30,33). The van der Waals surface area contributed by atoms with Crippen LogP contribution < -0.4 is 10.2 Å². The number of halogens is 1. The molecule has 0 radical (unpaired) electrons. The lowest BCUT2D eigenvalue weighted by Gasteiger charge is -2.31. The van der Waals surface area contributed by atoms with Crippen LogP contribution in [0.4, 0.5) is 11.6 Å². The van der Waals surface area contributed by atoms with Crippen molar-refractivity contribution in [3.05, 3.63) is 77.6 Å². The summed E-state index contributed by atoms with van der Waals surface area (Å²) in [6, 6.07) is 9.90. The van der Waals surface area contributed by atoms with Crippen molar-refractivity contribution in [1.82, 2.24) is 18.1 Å². The van der Waals surface area contributed by atoms with E-state index in [1.165, 1.54) is 11.9 Å². The smallest absolute Gasteiger partial charge is 0.275 e. The number of allylic oxidation sites excluding steroid dienone is 3. The number of hydrogen-bond donors (Lipinski definition) is 1. The number of benzene rings is 1. The van der Waals surface area contributed by atoms with Crippen molar-refractivity contribution in [2.24, 2.45) is 0 Å². The molecule has 1 aliphatic carbocycles. The van der Waals surface area contributed by atoms with Gasteiger partial charge >= 0.3 is 0 Å². The zero-order valence-corrected chi connectivity index (χ0v) is 20.4. The largest absolute Gasteiger partial charge is 0.354 e. The molecule has 1 fully saturated rings. The van der Waals surface area contributed by atoms with Crippen LogP contribution in [0, 0.1) is 0 Å². The van der Waals surface area contributed by atoms with Crippen LogP contribution in [0.15, 0.2) is 66.3 Å². The van der Waals surface area contributed by atoms with Gasteiger partial charge in [0.15, 0.2) is 0 Å². The molecule has 1 amide bonds. The van der Waals surface area contributed by atoms with Gasteiger partial charge in [-0.3, -0.25) is 4.79 Å². The number of piperazine rings is 1. The summed E-state index contributed by atoms with van der Waals surface area (Å²) in [5.41, 5.74) is 7.13.